The second-order valence-corrected chi connectivity index (χ2v) is 11.9. The zero-order chi connectivity index (χ0) is 20.8. The third-order valence-corrected chi connectivity index (χ3v) is 9.29. The van der Waals surface area contributed by atoms with Gasteiger partial charge in [0.25, 0.3) is 5.08 Å². The zero-order valence-corrected chi connectivity index (χ0v) is 19.1. The van der Waals surface area contributed by atoms with Crippen molar-refractivity contribution in [1.82, 2.24) is 0 Å². The molecule has 0 rings (SSSR count). The van der Waals surface area contributed by atoms with E-state index in [-0.39, 0.29) is 13.2 Å². The fourth-order valence-corrected chi connectivity index (χ4v) is 5.50. The normalized spacial score (nSPS) is 15.0. The Bertz CT molecular complexity index is 441. The van der Waals surface area contributed by atoms with Gasteiger partial charge in [-0.05, 0) is 19.8 Å². The second kappa shape index (κ2) is 14.3. The SMILES string of the molecule is CCCCCCCCOP(=O)(OCCCCCCCC)C(C)(O)P(=O)(O)O. The van der Waals surface area contributed by atoms with E-state index in [1.54, 1.807) is 0 Å². The number of rotatable bonds is 18. The molecule has 0 saturated heterocycles. The molecule has 0 bridgehead atoms. The van der Waals surface area contributed by atoms with E-state index in [0.29, 0.717) is 12.8 Å². The molecule has 7 nitrogen and oxygen atoms in total. The third kappa shape index (κ3) is 10.6. The van der Waals surface area contributed by atoms with Gasteiger partial charge in [-0.3, -0.25) is 9.13 Å². The van der Waals surface area contributed by atoms with Gasteiger partial charge in [-0.2, -0.15) is 0 Å². The van der Waals surface area contributed by atoms with Crippen LogP contribution in [0.25, 0.3) is 0 Å². The maximum atomic E-state index is 13.0. The minimum Gasteiger partial charge on any atom is -0.368 e. The summed E-state index contributed by atoms with van der Waals surface area (Å²) in [6.45, 7) is 5.17. The van der Waals surface area contributed by atoms with Gasteiger partial charge < -0.3 is 23.9 Å². The van der Waals surface area contributed by atoms with E-state index in [4.69, 9.17) is 9.05 Å². The Morgan fingerprint density at radius 3 is 1.37 bits per heavy atom. The van der Waals surface area contributed by atoms with Crippen molar-refractivity contribution < 1.29 is 33.1 Å². The molecule has 0 amide bonds. The average molecular weight is 430 g/mol. The minimum atomic E-state index is -5.09. The van der Waals surface area contributed by atoms with Crippen LogP contribution >= 0.6 is 15.2 Å². The molecule has 0 radical (unpaired) electrons. The molecule has 0 fully saturated rings. The Morgan fingerprint density at radius 1 is 0.704 bits per heavy atom. The van der Waals surface area contributed by atoms with Crippen LogP contribution in [0.3, 0.4) is 0 Å². The Morgan fingerprint density at radius 2 is 1.04 bits per heavy atom. The maximum Gasteiger partial charge on any atom is 0.374 e. The summed E-state index contributed by atoms with van der Waals surface area (Å²) in [5, 5.41) is 7.40. The van der Waals surface area contributed by atoms with Gasteiger partial charge >= 0.3 is 15.2 Å². The lowest BCUT2D eigenvalue weighted by atomic mass is 10.1. The second-order valence-electron chi connectivity index (χ2n) is 7.21. The van der Waals surface area contributed by atoms with Gasteiger partial charge in [-0.25, -0.2) is 0 Å². The fourth-order valence-electron chi connectivity index (χ4n) is 2.58. The zero-order valence-electron chi connectivity index (χ0n) is 17.3. The summed E-state index contributed by atoms with van der Waals surface area (Å²) in [6, 6.07) is 0. The first-order chi connectivity index (χ1) is 12.6. The maximum absolute atomic E-state index is 13.0. The lowest BCUT2D eigenvalue weighted by molar-refractivity contribution is 0.106. The van der Waals surface area contributed by atoms with Crippen molar-refractivity contribution in [3.8, 4) is 0 Å². The van der Waals surface area contributed by atoms with Crippen LogP contribution in [-0.4, -0.2) is 33.2 Å². The number of aliphatic hydroxyl groups is 1. The van der Waals surface area contributed by atoms with Crippen molar-refractivity contribution in [1.29, 1.82) is 0 Å². The van der Waals surface area contributed by atoms with Crippen LogP contribution in [-0.2, 0) is 18.2 Å². The van der Waals surface area contributed by atoms with Crippen molar-refractivity contribution in [2.24, 2.45) is 0 Å². The highest BCUT2D eigenvalue weighted by atomic mass is 31.2. The Labute approximate surface area is 164 Å². The number of hydrogen-bond donors (Lipinski definition) is 3. The Hall–Kier alpha value is 0.260. The van der Waals surface area contributed by atoms with E-state index in [1.807, 2.05) is 0 Å². The van der Waals surface area contributed by atoms with Crippen molar-refractivity contribution >= 4 is 15.2 Å². The largest absolute Gasteiger partial charge is 0.374 e. The first-order valence-electron chi connectivity index (χ1n) is 10.3. The number of unbranched alkanes of at least 4 members (excludes halogenated alkanes) is 10. The summed E-state index contributed by atoms with van der Waals surface area (Å²) in [4.78, 5) is 18.8. The van der Waals surface area contributed by atoms with Crippen molar-refractivity contribution in [3.05, 3.63) is 0 Å². The van der Waals surface area contributed by atoms with Gasteiger partial charge in [-0.15, -0.1) is 0 Å². The van der Waals surface area contributed by atoms with Gasteiger partial charge in [0.05, 0.1) is 13.2 Å². The molecule has 164 valence electrons. The van der Waals surface area contributed by atoms with Gasteiger partial charge in [0.1, 0.15) is 0 Å². The molecule has 0 aromatic carbocycles. The van der Waals surface area contributed by atoms with Crippen LogP contribution in [0.1, 0.15) is 97.8 Å². The predicted molar refractivity (Wildman–Crippen MR) is 109 cm³/mol. The summed E-state index contributed by atoms with van der Waals surface area (Å²) in [7, 11) is -9.46. The Balaban J connectivity index is 4.56. The summed E-state index contributed by atoms with van der Waals surface area (Å²) in [5.74, 6) is 0. The molecule has 0 spiro atoms. The highest BCUT2D eigenvalue weighted by Gasteiger charge is 2.58. The van der Waals surface area contributed by atoms with Crippen LogP contribution in [0.4, 0.5) is 0 Å². The predicted octanol–water partition coefficient (Wildman–Crippen LogP) is 5.78. The minimum absolute atomic E-state index is 0.0378. The number of hydrogen-bond acceptors (Lipinski definition) is 5. The van der Waals surface area contributed by atoms with Crippen LogP contribution in [0.15, 0.2) is 0 Å². The standard InChI is InChI=1S/C18H40O7P2/c1-4-6-8-10-12-14-16-24-27(23,18(3,19)26(20,21)22)25-17-15-13-11-9-7-5-2/h19H,4-17H2,1-3H3,(H2,20,21,22). The lowest BCUT2D eigenvalue weighted by Gasteiger charge is -2.31. The van der Waals surface area contributed by atoms with E-state index in [0.717, 1.165) is 71.1 Å². The van der Waals surface area contributed by atoms with Crippen LogP contribution in [0.2, 0.25) is 0 Å². The Kier molecular flexibility index (Phi) is 14.4. The highest BCUT2D eigenvalue weighted by molar-refractivity contribution is 7.72. The smallest absolute Gasteiger partial charge is 0.368 e. The van der Waals surface area contributed by atoms with Crippen LogP contribution < -0.4 is 0 Å². The molecule has 1 atom stereocenters. The van der Waals surface area contributed by atoms with Crippen LogP contribution in [0, 0.1) is 0 Å². The fraction of sp³-hybridized carbons (Fsp3) is 1.00. The summed E-state index contributed by atoms with van der Waals surface area (Å²) in [6.07, 6.45) is 11.8. The van der Waals surface area contributed by atoms with Crippen molar-refractivity contribution in [2.75, 3.05) is 13.2 Å². The molecule has 9 heteroatoms. The molecule has 0 aromatic heterocycles. The molecule has 0 aliphatic heterocycles. The first kappa shape index (κ1) is 27.3. The van der Waals surface area contributed by atoms with E-state index >= 15 is 0 Å². The molecular weight excluding hydrogens is 390 g/mol. The van der Waals surface area contributed by atoms with Crippen molar-refractivity contribution in [2.45, 2.75) is 103 Å². The van der Waals surface area contributed by atoms with E-state index in [2.05, 4.69) is 13.8 Å². The molecule has 1 unspecified atom stereocenters. The molecule has 0 heterocycles. The summed E-state index contributed by atoms with van der Waals surface area (Å²) in [5.41, 5.74) is 0. The van der Waals surface area contributed by atoms with Gasteiger partial charge in [0.15, 0.2) is 0 Å². The van der Waals surface area contributed by atoms with E-state index < -0.39 is 20.3 Å². The molecule has 0 aliphatic carbocycles. The van der Waals surface area contributed by atoms with E-state index in [1.165, 1.54) is 0 Å². The average Bonchev–Trinajstić information content (AvgIpc) is 2.59. The topological polar surface area (TPSA) is 113 Å². The first-order valence-corrected chi connectivity index (χ1v) is 13.4. The molecule has 3 N–H and O–H groups in total. The molecule has 27 heavy (non-hydrogen) atoms. The molecular formula is C18H40O7P2. The summed E-state index contributed by atoms with van der Waals surface area (Å²) < 4.78 is 35.1. The monoisotopic (exact) mass is 430 g/mol. The van der Waals surface area contributed by atoms with Gasteiger partial charge in [-0.1, -0.05) is 78.1 Å². The summed E-state index contributed by atoms with van der Waals surface area (Å²) >= 11 is 0. The highest BCUT2D eigenvalue weighted by Crippen LogP contribution is 2.72. The molecule has 0 saturated carbocycles. The van der Waals surface area contributed by atoms with Gasteiger partial charge in [0.2, 0.25) is 0 Å². The van der Waals surface area contributed by atoms with Crippen molar-refractivity contribution in [3.63, 3.8) is 0 Å². The van der Waals surface area contributed by atoms with Crippen LogP contribution in [0.5, 0.6) is 0 Å². The van der Waals surface area contributed by atoms with Gasteiger partial charge in [0, 0.05) is 0 Å². The quantitative estimate of drug-likeness (QED) is 0.187. The lowest BCUT2D eigenvalue weighted by Crippen LogP contribution is -2.27. The third-order valence-electron chi connectivity index (χ3n) is 4.59. The molecule has 0 aromatic rings. The molecule has 0 aliphatic rings. The van der Waals surface area contributed by atoms with E-state index in [9.17, 15) is 24.0 Å².